The van der Waals surface area contributed by atoms with Crippen molar-refractivity contribution in [1.82, 2.24) is 14.8 Å². The zero-order valence-corrected chi connectivity index (χ0v) is 12.4. The molecule has 1 aliphatic carbocycles. The second-order valence-corrected chi connectivity index (χ2v) is 8.23. The zero-order chi connectivity index (χ0) is 13.6. The molecule has 1 fully saturated rings. The maximum atomic E-state index is 11.6. The van der Waals surface area contributed by atoms with Crippen LogP contribution in [0, 0.1) is 0 Å². The van der Waals surface area contributed by atoms with Gasteiger partial charge in [0.2, 0.25) is 0 Å². The van der Waals surface area contributed by atoms with Crippen molar-refractivity contribution in [1.29, 1.82) is 0 Å². The van der Waals surface area contributed by atoms with E-state index < -0.39 is 14.6 Å². The van der Waals surface area contributed by atoms with Crippen LogP contribution in [0.4, 0.5) is 0 Å². The molecule has 0 unspecified atom stereocenters. The van der Waals surface area contributed by atoms with Crippen LogP contribution in [-0.4, -0.2) is 23.2 Å². The summed E-state index contributed by atoms with van der Waals surface area (Å²) in [5, 5.41) is 7.73. The summed E-state index contributed by atoms with van der Waals surface area (Å²) in [4.78, 5) is 0. The minimum absolute atomic E-state index is 0.140. The van der Waals surface area contributed by atoms with Crippen molar-refractivity contribution in [3.8, 4) is 0 Å². The van der Waals surface area contributed by atoms with E-state index in [-0.39, 0.29) is 5.16 Å². The fourth-order valence-electron chi connectivity index (χ4n) is 2.52. The molecule has 1 aromatic rings. The van der Waals surface area contributed by atoms with E-state index in [1.165, 1.54) is 0 Å². The zero-order valence-electron chi connectivity index (χ0n) is 10.9. The first-order valence-corrected chi connectivity index (χ1v) is 8.42. The molecular weight excluding hydrogens is 274 g/mol. The summed E-state index contributed by atoms with van der Waals surface area (Å²) in [5.41, 5.74) is -0.404. The predicted molar refractivity (Wildman–Crippen MR) is 69.3 cm³/mol. The lowest BCUT2D eigenvalue weighted by atomic mass is 10.0. The van der Waals surface area contributed by atoms with Crippen molar-refractivity contribution in [3.05, 3.63) is 5.82 Å². The lowest BCUT2D eigenvalue weighted by Crippen LogP contribution is -2.27. The SMILES string of the molecule is CC(C)(C)n1c(C2CCCC2)nnc1S(=O)(=O)Cl. The molecule has 0 bridgehead atoms. The van der Waals surface area contributed by atoms with Crippen LogP contribution in [0.2, 0.25) is 0 Å². The Morgan fingerprint density at radius 1 is 1.22 bits per heavy atom. The third-order valence-electron chi connectivity index (χ3n) is 3.27. The summed E-state index contributed by atoms with van der Waals surface area (Å²) in [6.45, 7) is 5.79. The van der Waals surface area contributed by atoms with Crippen LogP contribution in [0.1, 0.15) is 58.2 Å². The van der Waals surface area contributed by atoms with Crippen molar-refractivity contribution >= 4 is 19.7 Å². The van der Waals surface area contributed by atoms with Crippen molar-refractivity contribution < 1.29 is 8.42 Å². The highest BCUT2D eigenvalue weighted by Crippen LogP contribution is 2.36. The largest absolute Gasteiger partial charge is 0.296 e. The second kappa shape index (κ2) is 4.49. The second-order valence-electron chi connectivity index (χ2n) is 5.77. The molecule has 102 valence electrons. The number of halogens is 1. The van der Waals surface area contributed by atoms with Crippen LogP contribution >= 0.6 is 10.7 Å². The molecule has 1 heterocycles. The quantitative estimate of drug-likeness (QED) is 0.786. The van der Waals surface area contributed by atoms with E-state index >= 15 is 0 Å². The normalized spacial score (nSPS) is 18.4. The molecule has 0 atom stereocenters. The average Bonchev–Trinajstić information content (AvgIpc) is 2.83. The van der Waals surface area contributed by atoms with Crippen LogP contribution in [-0.2, 0) is 14.6 Å². The summed E-state index contributed by atoms with van der Waals surface area (Å²) in [5.74, 6) is 1.04. The molecular formula is C11H18ClN3O2S. The molecule has 0 saturated heterocycles. The van der Waals surface area contributed by atoms with Gasteiger partial charge in [-0.15, -0.1) is 10.2 Å². The van der Waals surface area contributed by atoms with Gasteiger partial charge in [-0.3, -0.25) is 4.57 Å². The Morgan fingerprint density at radius 2 is 1.78 bits per heavy atom. The maximum absolute atomic E-state index is 11.6. The standard InChI is InChI=1S/C11H18ClN3O2S/c1-11(2,3)15-9(8-6-4-5-7-8)13-14-10(15)18(12,16)17/h8H,4-7H2,1-3H3. The van der Waals surface area contributed by atoms with Gasteiger partial charge in [0.15, 0.2) is 0 Å². The molecule has 1 aliphatic rings. The Labute approximate surface area is 112 Å². The Hall–Kier alpha value is -0.620. The number of hydrogen-bond acceptors (Lipinski definition) is 4. The smallest absolute Gasteiger partial charge is 0.295 e. The highest BCUT2D eigenvalue weighted by atomic mass is 35.7. The van der Waals surface area contributed by atoms with Gasteiger partial charge in [0.25, 0.3) is 14.2 Å². The molecule has 0 aliphatic heterocycles. The van der Waals surface area contributed by atoms with Crippen molar-refractivity contribution in [2.45, 2.75) is 63.1 Å². The third kappa shape index (κ3) is 2.54. The van der Waals surface area contributed by atoms with E-state index in [1.54, 1.807) is 4.57 Å². The Kier molecular flexibility index (Phi) is 3.44. The fourth-order valence-corrected chi connectivity index (χ4v) is 3.54. The first-order valence-electron chi connectivity index (χ1n) is 6.11. The van der Waals surface area contributed by atoms with Gasteiger partial charge in [-0.1, -0.05) is 12.8 Å². The Balaban J connectivity index is 2.58. The number of aromatic nitrogens is 3. The van der Waals surface area contributed by atoms with E-state index in [1.807, 2.05) is 20.8 Å². The number of rotatable bonds is 2. The van der Waals surface area contributed by atoms with Crippen LogP contribution in [0.25, 0.3) is 0 Å². The molecule has 5 nitrogen and oxygen atoms in total. The van der Waals surface area contributed by atoms with E-state index in [2.05, 4.69) is 10.2 Å². The summed E-state index contributed by atoms with van der Waals surface area (Å²) < 4.78 is 24.8. The van der Waals surface area contributed by atoms with Crippen molar-refractivity contribution in [2.75, 3.05) is 0 Å². The molecule has 0 radical (unpaired) electrons. The van der Waals surface area contributed by atoms with Crippen molar-refractivity contribution in [3.63, 3.8) is 0 Å². The minimum atomic E-state index is -3.86. The van der Waals surface area contributed by atoms with Gasteiger partial charge in [-0.25, -0.2) is 8.42 Å². The van der Waals surface area contributed by atoms with Gasteiger partial charge < -0.3 is 0 Å². The van der Waals surface area contributed by atoms with E-state index in [0.717, 1.165) is 31.5 Å². The van der Waals surface area contributed by atoms with Crippen molar-refractivity contribution in [2.24, 2.45) is 0 Å². The summed E-state index contributed by atoms with van der Waals surface area (Å²) in [6.07, 6.45) is 4.39. The summed E-state index contributed by atoms with van der Waals surface area (Å²) in [7, 11) is 1.57. The highest BCUT2D eigenvalue weighted by Gasteiger charge is 2.33. The molecule has 2 rings (SSSR count). The maximum Gasteiger partial charge on any atom is 0.296 e. The fraction of sp³-hybridized carbons (Fsp3) is 0.818. The third-order valence-corrected chi connectivity index (χ3v) is 4.38. The minimum Gasteiger partial charge on any atom is -0.295 e. The van der Waals surface area contributed by atoms with Crippen LogP contribution in [0.15, 0.2) is 5.16 Å². The Bertz CT molecular complexity index is 539. The van der Waals surface area contributed by atoms with E-state index in [4.69, 9.17) is 10.7 Å². The number of nitrogens with zero attached hydrogens (tertiary/aromatic N) is 3. The van der Waals surface area contributed by atoms with Gasteiger partial charge in [0.05, 0.1) is 0 Å². The van der Waals surface area contributed by atoms with Crippen LogP contribution in [0.5, 0.6) is 0 Å². The monoisotopic (exact) mass is 291 g/mol. The molecule has 1 aromatic heterocycles. The van der Waals surface area contributed by atoms with E-state index in [9.17, 15) is 8.42 Å². The van der Waals surface area contributed by atoms with Gasteiger partial charge in [-0.05, 0) is 33.6 Å². The van der Waals surface area contributed by atoms with Gasteiger partial charge in [0.1, 0.15) is 5.82 Å². The predicted octanol–water partition coefficient (Wildman–Crippen LogP) is 2.62. The molecule has 0 aromatic carbocycles. The summed E-state index contributed by atoms with van der Waals surface area (Å²) in [6, 6.07) is 0. The molecule has 18 heavy (non-hydrogen) atoms. The number of hydrogen-bond donors (Lipinski definition) is 0. The molecule has 7 heteroatoms. The Morgan fingerprint density at radius 3 is 2.22 bits per heavy atom. The lowest BCUT2D eigenvalue weighted by Gasteiger charge is -2.25. The molecule has 1 saturated carbocycles. The molecule has 0 spiro atoms. The topological polar surface area (TPSA) is 64.8 Å². The average molecular weight is 292 g/mol. The van der Waals surface area contributed by atoms with Gasteiger partial charge in [-0.2, -0.15) is 0 Å². The van der Waals surface area contributed by atoms with E-state index in [0.29, 0.717) is 5.92 Å². The lowest BCUT2D eigenvalue weighted by molar-refractivity contribution is 0.342. The molecule has 0 amide bonds. The molecule has 0 N–H and O–H groups in total. The summed E-state index contributed by atoms with van der Waals surface area (Å²) >= 11 is 0. The first kappa shape index (κ1) is 13.8. The van der Waals surface area contributed by atoms with Crippen LogP contribution < -0.4 is 0 Å². The van der Waals surface area contributed by atoms with Gasteiger partial charge >= 0.3 is 0 Å². The van der Waals surface area contributed by atoms with Gasteiger partial charge in [0, 0.05) is 22.1 Å². The first-order chi connectivity index (χ1) is 8.21. The van der Waals surface area contributed by atoms with Crippen LogP contribution in [0.3, 0.4) is 0 Å². The highest BCUT2D eigenvalue weighted by molar-refractivity contribution is 8.13.